The van der Waals surface area contributed by atoms with Gasteiger partial charge in [0.2, 0.25) is 5.78 Å². The fraction of sp³-hybridized carbons (Fsp3) is 0.870. The molecule has 0 saturated heterocycles. The van der Waals surface area contributed by atoms with Crippen LogP contribution in [0.2, 0.25) is 0 Å². The van der Waals surface area contributed by atoms with Gasteiger partial charge in [0.15, 0.2) is 0 Å². The van der Waals surface area contributed by atoms with E-state index >= 15 is 0 Å². The lowest BCUT2D eigenvalue weighted by Gasteiger charge is -2.22. The third kappa shape index (κ3) is 9.19. The second-order valence-electron chi connectivity index (χ2n) is 8.77. The Hall–Kier alpha value is -1.37. The molecule has 0 bridgehead atoms. The SMILES string of the molecule is CCCCC(F)(F)C(=O)CC[C@H]1[C@H](O)CC(=O)[C@@H]1CCCCCCC(=O)OC(C)C. The molecule has 7 heteroatoms. The highest BCUT2D eigenvalue weighted by molar-refractivity contribution is 5.86. The standard InChI is InChI=1S/C23H38F2O5/c1-4-5-14-23(24,25)21(28)13-12-18-17(19(26)15-20(18)27)10-8-6-7-9-11-22(29)30-16(2)3/h16-18,20,27H,4-15H2,1-3H3/t17-,18-,20-/m1/s1. The van der Waals surface area contributed by atoms with Crippen molar-refractivity contribution >= 4 is 17.5 Å². The first-order valence-corrected chi connectivity index (χ1v) is 11.4. The second-order valence-corrected chi connectivity index (χ2v) is 8.77. The number of unbranched alkanes of at least 4 members (excludes halogenated alkanes) is 4. The van der Waals surface area contributed by atoms with Crippen molar-refractivity contribution in [2.45, 2.75) is 116 Å². The molecule has 0 radical (unpaired) electrons. The number of hydrogen-bond donors (Lipinski definition) is 1. The molecule has 1 fully saturated rings. The first kappa shape index (κ1) is 26.7. The number of halogens is 2. The quantitative estimate of drug-likeness (QED) is 0.290. The van der Waals surface area contributed by atoms with E-state index < -0.39 is 30.1 Å². The van der Waals surface area contributed by atoms with Gasteiger partial charge in [-0.05, 0) is 45.4 Å². The maximum atomic E-state index is 13.9. The van der Waals surface area contributed by atoms with Gasteiger partial charge in [-0.1, -0.05) is 32.6 Å². The molecule has 1 rings (SSSR count). The maximum Gasteiger partial charge on any atom is 0.306 e. The highest BCUT2D eigenvalue weighted by Gasteiger charge is 2.43. The fourth-order valence-electron chi connectivity index (χ4n) is 4.11. The summed E-state index contributed by atoms with van der Waals surface area (Å²) in [6, 6.07) is 0. The molecule has 5 nitrogen and oxygen atoms in total. The van der Waals surface area contributed by atoms with Crippen molar-refractivity contribution in [3.8, 4) is 0 Å². The Morgan fingerprint density at radius 3 is 2.40 bits per heavy atom. The van der Waals surface area contributed by atoms with Crippen LogP contribution in [0.5, 0.6) is 0 Å². The molecule has 0 aromatic heterocycles. The normalized spacial score (nSPS) is 22.0. The third-order valence-electron chi connectivity index (χ3n) is 5.81. The summed E-state index contributed by atoms with van der Waals surface area (Å²) in [5.74, 6) is -5.46. The van der Waals surface area contributed by atoms with Gasteiger partial charge in [-0.25, -0.2) is 0 Å². The van der Waals surface area contributed by atoms with E-state index in [2.05, 4.69) is 0 Å². The molecule has 0 heterocycles. The van der Waals surface area contributed by atoms with E-state index in [1.54, 1.807) is 20.8 Å². The van der Waals surface area contributed by atoms with Crippen LogP contribution in [0.1, 0.15) is 97.8 Å². The van der Waals surface area contributed by atoms with Gasteiger partial charge in [0.1, 0.15) is 5.78 Å². The van der Waals surface area contributed by atoms with Crippen LogP contribution in [0, 0.1) is 11.8 Å². The number of rotatable bonds is 15. The van der Waals surface area contributed by atoms with E-state index in [1.807, 2.05) is 0 Å². The van der Waals surface area contributed by atoms with E-state index in [9.17, 15) is 28.3 Å². The lowest BCUT2D eigenvalue weighted by molar-refractivity contribution is -0.147. The van der Waals surface area contributed by atoms with Crippen molar-refractivity contribution in [1.29, 1.82) is 0 Å². The summed E-state index contributed by atoms with van der Waals surface area (Å²) < 4.78 is 32.8. The highest BCUT2D eigenvalue weighted by atomic mass is 19.3. The summed E-state index contributed by atoms with van der Waals surface area (Å²) in [5.41, 5.74) is 0. The van der Waals surface area contributed by atoms with Gasteiger partial charge in [0.05, 0.1) is 12.2 Å². The average molecular weight is 433 g/mol. The molecule has 0 spiro atoms. The Kier molecular flexibility index (Phi) is 11.7. The maximum absolute atomic E-state index is 13.9. The minimum atomic E-state index is -3.32. The van der Waals surface area contributed by atoms with Crippen molar-refractivity contribution in [2.24, 2.45) is 11.8 Å². The number of aliphatic hydroxyl groups is 1. The monoisotopic (exact) mass is 432 g/mol. The summed E-state index contributed by atoms with van der Waals surface area (Å²) in [6.45, 7) is 5.41. The molecule has 1 N–H and O–H groups in total. The molecule has 0 aliphatic heterocycles. The number of ether oxygens (including phenoxy) is 1. The largest absolute Gasteiger partial charge is 0.463 e. The van der Waals surface area contributed by atoms with Gasteiger partial charge in [-0.15, -0.1) is 0 Å². The molecule has 0 aromatic rings. The number of hydrogen-bond acceptors (Lipinski definition) is 5. The van der Waals surface area contributed by atoms with Gasteiger partial charge in [-0.3, -0.25) is 14.4 Å². The van der Waals surface area contributed by atoms with Crippen molar-refractivity contribution in [3.63, 3.8) is 0 Å². The van der Waals surface area contributed by atoms with Crippen LogP contribution in [-0.2, 0) is 19.1 Å². The zero-order valence-corrected chi connectivity index (χ0v) is 18.6. The molecule has 1 aliphatic rings. The van der Waals surface area contributed by atoms with E-state index in [4.69, 9.17) is 4.74 Å². The molecule has 3 atom stereocenters. The molecule has 1 aliphatic carbocycles. The fourth-order valence-corrected chi connectivity index (χ4v) is 4.11. The topological polar surface area (TPSA) is 80.7 Å². The number of ketones is 2. The van der Waals surface area contributed by atoms with Crippen LogP contribution in [0.15, 0.2) is 0 Å². The van der Waals surface area contributed by atoms with Gasteiger partial charge >= 0.3 is 11.9 Å². The van der Waals surface area contributed by atoms with Crippen LogP contribution >= 0.6 is 0 Å². The smallest absolute Gasteiger partial charge is 0.306 e. The minimum Gasteiger partial charge on any atom is -0.463 e. The number of carbonyl (C=O) groups excluding carboxylic acids is 3. The molecule has 0 aromatic carbocycles. The van der Waals surface area contributed by atoms with E-state index in [0.29, 0.717) is 25.7 Å². The number of carbonyl (C=O) groups is 3. The Morgan fingerprint density at radius 2 is 1.77 bits per heavy atom. The summed E-state index contributed by atoms with van der Waals surface area (Å²) in [5, 5.41) is 10.2. The predicted octanol–water partition coefficient (Wildman–Crippen LogP) is 5.02. The first-order chi connectivity index (χ1) is 14.1. The second kappa shape index (κ2) is 13.1. The molecule has 30 heavy (non-hydrogen) atoms. The predicted molar refractivity (Wildman–Crippen MR) is 110 cm³/mol. The van der Waals surface area contributed by atoms with Gasteiger partial charge in [-0.2, -0.15) is 8.78 Å². The summed E-state index contributed by atoms with van der Waals surface area (Å²) >= 11 is 0. The summed E-state index contributed by atoms with van der Waals surface area (Å²) in [7, 11) is 0. The minimum absolute atomic E-state index is 0.0385. The van der Waals surface area contributed by atoms with Crippen LogP contribution in [-0.4, -0.2) is 40.8 Å². The Balaban J connectivity index is 2.39. The third-order valence-corrected chi connectivity index (χ3v) is 5.81. The number of esters is 1. The number of aliphatic hydroxyl groups excluding tert-OH is 1. The van der Waals surface area contributed by atoms with Gasteiger partial charge in [0, 0.05) is 31.6 Å². The lowest BCUT2D eigenvalue weighted by Crippen LogP contribution is -2.30. The van der Waals surface area contributed by atoms with Crippen LogP contribution in [0.4, 0.5) is 8.78 Å². The van der Waals surface area contributed by atoms with Crippen LogP contribution in [0.25, 0.3) is 0 Å². The Bertz CT molecular complexity index is 562. The van der Waals surface area contributed by atoms with Crippen molar-refractivity contribution in [3.05, 3.63) is 0 Å². The summed E-state index contributed by atoms with van der Waals surface area (Å²) in [4.78, 5) is 35.7. The molecule has 0 unspecified atom stereocenters. The zero-order valence-electron chi connectivity index (χ0n) is 18.6. The van der Waals surface area contributed by atoms with Crippen LogP contribution in [0.3, 0.4) is 0 Å². The van der Waals surface area contributed by atoms with E-state index in [-0.39, 0.29) is 43.0 Å². The van der Waals surface area contributed by atoms with Crippen molar-refractivity contribution in [2.75, 3.05) is 0 Å². The average Bonchev–Trinajstić information content (AvgIpc) is 2.92. The van der Waals surface area contributed by atoms with Crippen LogP contribution < -0.4 is 0 Å². The number of alkyl halides is 2. The Morgan fingerprint density at radius 1 is 1.10 bits per heavy atom. The molecule has 0 amide bonds. The van der Waals surface area contributed by atoms with E-state index in [1.165, 1.54) is 0 Å². The van der Waals surface area contributed by atoms with E-state index in [0.717, 1.165) is 25.7 Å². The van der Waals surface area contributed by atoms with Crippen molar-refractivity contribution in [1.82, 2.24) is 0 Å². The summed E-state index contributed by atoms with van der Waals surface area (Å²) in [6.07, 6.45) is 3.45. The molecular formula is C23H38F2O5. The zero-order chi connectivity index (χ0) is 22.7. The first-order valence-electron chi connectivity index (χ1n) is 11.4. The molecule has 174 valence electrons. The molecule has 1 saturated carbocycles. The Labute approximate surface area is 178 Å². The number of Topliss-reactive ketones (excluding diaryl/α,β-unsaturated/α-hetero) is 2. The van der Waals surface area contributed by atoms with Gasteiger partial charge < -0.3 is 9.84 Å². The molecular weight excluding hydrogens is 394 g/mol. The highest BCUT2D eigenvalue weighted by Crippen LogP contribution is 2.37. The lowest BCUT2D eigenvalue weighted by atomic mass is 9.85. The van der Waals surface area contributed by atoms with Gasteiger partial charge in [0.25, 0.3) is 0 Å². The van der Waals surface area contributed by atoms with Crippen molar-refractivity contribution < 1.29 is 33.0 Å².